The van der Waals surface area contributed by atoms with Crippen LogP contribution in [0.25, 0.3) is 0 Å². The Kier molecular flexibility index (Phi) is 3.89. The van der Waals surface area contributed by atoms with Gasteiger partial charge < -0.3 is 5.73 Å². The van der Waals surface area contributed by atoms with E-state index in [0.29, 0.717) is 17.5 Å². The van der Waals surface area contributed by atoms with Crippen LogP contribution in [0.3, 0.4) is 0 Å². The molecule has 1 aliphatic carbocycles. The summed E-state index contributed by atoms with van der Waals surface area (Å²) in [6.07, 6.45) is 4.58. The smallest absolute Gasteiger partial charge is 0.259 e. The number of aromatic nitrogens is 1. The number of aliphatic imine (C=N–C) groups is 1. The van der Waals surface area contributed by atoms with Gasteiger partial charge in [-0.25, -0.2) is 0 Å². The lowest BCUT2D eigenvalue weighted by molar-refractivity contribution is 0.0976. The number of carbonyl (C=O) groups is 2. The number of guanidine groups is 1. The average Bonchev–Trinajstić information content (AvgIpc) is 2.60. The number of ketones is 1. The summed E-state index contributed by atoms with van der Waals surface area (Å²) in [4.78, 5) is 31.7. The molecule has 0 atom stereocenters. The van der Waals surface area contributed by atoms with Crippen molar-refractivity contribution in [2.75, 3.05) is 7.05 Å². The molecule has 0 unspecified atom stereocenters. The maximum atomic E-state index is 11.9. The van der Waals surface area contributed by atoms with Gasteiger partial charge in [-0.1, -0.05) is 0 Å². The lowest BCUT2D eigenvalue weighted by Gasteiger charge is -2.07. The van der Waals surface area contributed by atoms with Crippen molar-refractivity contribution in [3.05, 3.63) is 29.1 Å². The molecule has 1 aromatic rings. The van der Waals surface area contributed by atoms with Crippen LogP contribution in [-0.4, -0.2) is 29.7 Å². The van der Waals surface area contributed by atoms with E-state index in [2.05, 4.69) is 15.3 Å². The van der Waals surface area contributed by atoms with Gasteiger partial charge in [-0.15, -0.1) is 0 Å². The third-order valence-electron chi connectivity index (χ3n) is 3.08. The Labute approximate surface area is 111 Å². The van der Waals surface area contributed by atoms with E-state index in [9.17, 15) is 9.59 Å². The summed E-state index contributed by atoms with van der Waals surface area (Å²) in [7, 11) is 1.48. The largest absolute Gasteiger partial charge is 0.370 e. The van der Waals surface area contributed by atoms with E-state index in [4.69, 9.17) is 5.73 Å². The highest BCUT2D eigenvalue weighted by molar-refractivity contribution is 6.06. The number of aryl methyl sites for hydroxylation is 1. The Morgan fingerprint density at radius 3 is 2.89 bits per heavy atom. The average molecular weight is 260 g/mol. The minimum atomic E-state index is -0.407. The minimum Gasteiger partial charge on any atom is -0.370 e. The maximum absolute atomic E-state index is 11.9. The Bertz CT molecular complexity index is 552. The first-order chi connectivity index (χ1) is 9.11. The molecule has 0 aromatic carbocycles. The molecule has 0 saturated heterocycles. The molecular formula is C13H16N4O2. The molecule has 19 heavy (non-hydrogen) atoms. The van der Waals surface area contributed by atoms with Crippen LogP contribution in [0.5, 0.6) is 0 Å². The molecule has 2 rings (SSSR count). The first-order valence-electron chi connectivity index (χ1n) is 6.17. The van der Waals surface area contributed by atoms with Crippen LogP contribution >= 0.6 is 0 Å². The topological polar surface area (TPSA) is 97.4 Å². The second-order valence-corrected chi connectivity index (χ2v) is 4.41. The van der Waals surface area contributed by atoms with E-state index >= 15 is 0 Å². The molecule has 100 valence electrons. The third kappa shape index (κ3) is 2.96. The van der Waals surface area contributed by atoms with E-state index in [-0.39, 0.29) is 11.7 Å². The van der Waals surface area contributed by atoms with E-state index < -0.39 is 5.91 Å². The van der Waals surface area contributed by atoms with Gasteiger partial charge in [-0.3, -0.25) is 24.9 Å². The van der Waals surface area contributed by atoms with E-state index in [0.717, 1.165) is 25.0 Å². The number of nitrogens with two attached hydrogens (primary N) is 1. The molecule has 6 nitrogen and oxygen atoms in total. The molecule has 0 spiro atoms. The zero-order valence-electron chi connectivity index (χ0n) is 10.8. The van der Waals surface area contributed by atoms with Gasteiger partial charge in [0.05, 0.1) is 11.3 Å². The van der Waals surface area contributed by atoms with Gasteiger partial charge in [0.15, 0.2) is 11.7 Å². The van der Waals surface area contributed by atoms with Crippen molar-refractivity contribution in [3.63, 3.8) is 0 Å². The van der Waals surface area contributed by atoms with Crippen LogP contribution in [0.15, 0.2) is 17.3 Å². The molecule has 0 radical (unpaired) electrons. The normalized spacial score (nSPS) is 15.6. The summed E-state index contributed by atoms with van der Waals surface area (Å²) >= 11 is 0. The van der Waals surface area contributed by atoms with Gasteiger partial charge in [0.25, 0.3) is 5.91 Å². The van der Waals surface area contributed by atoms with Crippen molar-refractivity contribution in [2.24, 2.45) is 10.7 Å². The van der Waals surface area contributed by atoms with Gasteiger partial charge >= 0.3 is 0 Å². The minimum absolute atomic E-state index is 0.0336. The van der Waals surface area contributed by atoms with Crippen LogP contribution < -0.4 is 11.1 Å². The van der Waals surface area contributed by atoms with Gasteiger partial charge in [0, 0.05) is 25.2 Å². The number of amides is 1. The number of pyridine rings is 1. The third-order valence-corrected chi connectivity index (χ3v) is 3.08. The molecular weight excluding hydrogens is 244 g/mol. The summed E-state index contributed by atoms with van der Waals surface area (Å²) in [5.74, 6) is -0.325. The highest BCUT2D eigenvalue weighted by atomic mass is 16.2. The predicted octanol–water partition coefficient (Wildman–Crippen LogP) is 0.665. The van der Waals surface area contributed by atoms with E-state index in [1.165, 1.54) is 13.2 Å². The monoisotopic (exact) mass is 260 g/mol. The number of rotatable bonds is 1. The molecule has 1 aliphatic rings. The standard InChI is InChI=1S/C13H16N4O2/c1-15-13(14)17-12(19)8-6-9-10(16-7-8)4-2-3-5-11(9)18/h6-7H,2-5H2,1H3,(H3,14,15,17,19). The predicted molar refractivity (Wildman–Crippen MR) is 71.1 cm³/mol. The summed E-state index contributed by atoms with van der Waals surface area (Å²) in [5.41, 5.74) is 7.08. The second kappa shape index (κ2) is 5.60. The number of nitrogens with zero attached hydrogens (tertiary/aromatic N) is 2. The summed E-state index contributed by atoms with van der Waals surface area (Å²) < 4.78 is 0. The lowest BCUT2D eigenvalue weighted by Crippen LogP contribution is -2.36. The summed E-state index contributed by atoms with van der Waals surface area (Å²) in [6.45, 7) is 0. The van der Waals surface area contributed by atoms with E-state index in [1.807, 2.05) is 0 Å². The number of Topliss-reactive ketones (excluding diaryl/α,β-unsaturated/α-hetero) is 1. The zero-order chi connectivity index (χ0) is 13.8. The molecule has 6 heteroatoms. The van der Waals surface area contributed by atoms with Crippen LogP contribution in [-0.2, 0) is 6.42 Å². The van der Waals surface area contributed by atoms with Crippen molar-refractivity contribution in [3.8, 4) is 0 Å². The van der Waals surface area contributed by atoms with Crippen molar-refractivity contribution in [1.29, 1.82) is 0 Å². The first kappa shape index (κ1) is 13.2. The van der Waals surface area contributed by atoms with Crippen LogP contribution in [0.4, 0.5) is 0 Å². The summed E-state index contributed by atoms with van der Waals surface area (Å²) in [5, 5.41) is 2.42. The van der Waals surface area contributed by atoms with Crippen molar-refractivity contribution >= 4 is 17.6 Å². The maximum Gasteiger partial charge on any atom is 0.259 e. The number of nitrogens with one attached hydrogen (secondary N) is 1. The van der Waals surface area contributed by atoms with E-state index in [1.54, 1.807) is 6.07 Å². The second-order valence-electron chi connectivity index (χ2n) is 4.41. The number of hydrogen-bond donors (Lipinski definition) is 2. The molecule has 0 aliphatic heterocycles. The van der Waals surface area contributed by atoms with Gasteiger partial charge in [-0.2, -0.15) is 0 Å². The Hall–Kier alpha value is -2.24. The Morgan fingerprint density at radius 1 is 1.42 bits per heavy atom. The van der Waals surface area contributed by atoms with Gasteiger partial charge in [0.1, 0.15) is 0 Å². The Morgan fingerprint density at radius 2 is 2.16 bits per heavy atom. The molecule has 0 fully saturated rings. The molecule has 0 saturated carbocycles. The lowest BCUT2D eigenvalue weighted by atomic mass is 10.1. The first-order valence-corrected chi connectivity index (χ1v) is 6.17. The Balaban J connectivity index is 2.29. The zero-order valence-corrected chi connectivity index (χ0v) is 10.8. The fourth-order valence-electron chi connectivity index (χ4n) is 2.01. The van der Waals surface area contributed by atoms with Crippen molar-refractivity contribution in [2.45, 2.75) is 25.7 Å². The van der Waals surface area contributed by atoms with Crippen molar-refractivity contribution in [1.82, 2.24) is 10.3 Å². The van der Waals surface area contributed by atoms with Gasteiger partial charge in [0.2, 0.25) is 0 Å². The number of hydrogen-bond acceptors (Lipinski definition) is 4. The highest BCUT2D eigenvalue weighted by Crippen LogP contribution is 2.19. The fourth-order valence-corrected chi connectivity index (χ4v) is 2.01. The van der Waals surface area contributed by atoms with Crippen LogP contribution in [0.1, 0.15) is 45.7 Å². The number of carbonyl (C=O) groups excluding carboxylic acids is 2. The quantitative estimate of drug-likeness (QED) is 0.440. The highest BCUT2D eigenvalue weighted by Gasteiger charge is 2.19. The van der Waals surface area contributed by atoms with Crippen LogP contribution in [0, 0.1) is 0 Å². The molecule has 1 heterocycles. The fraction of sp³-hybridized carbons (Fsp3) is 0.385. The number of fused-ring (bicyclic) bond motifs is 1. The molecule has 3 N–H and O–H groups in total. The van der Waals surface area contributed by atoms with Gasteiger partial charge in [-0.05, 0) is 25.3 Å². The summed E-state index contributed by atoms with van der Waals surface area (Å²) in [6, 6.07) is 1.59. The SMILES string of the molecule is CN=C(N)NC(=O)c1cnc2c(c1)C(=O)CCCC2. The van der Waals surface area contributed by atoms with Crippen molar-refractivity contribution < 1.29 is 9.59 Å². The molecule has 0 bridgehead atoms. The molecule has 1 aromatic heterocycles. The molecule has 1 amide bonds. The van der Waals surface area contributed by atoms with Crippen LogP contribution in [0.2, 0.25) is 0 Å².